The number of fused-ring (bicyclic) bond motifs is 3. The molecule has 2 aromatic heterocycles. The molecular formula is C18H15F2N3OS2. The number of nitrogens with one attached hydrogen (secondary N) is 1. The number of aromatic nitrogens is 2. The lowest BCUT2D eigenvalue weighted by Gasteiger charge is -2.13. The number of carbonyl (C=O) groups excluding carboxylic acids is 1. The van der Waals surface area contributed by atoms with E-state index in [1.54, 1.807) is 18.3 Å². The molecule has 0 spiro atoms. The summed E-state index contributed by atoms with van der Waals surface area (Å²) in [5.41, 5.74) is 1.13. The summed E-state index contributed by atoms with van der Waals surface area (Å²) < 4.78 is 27.0. The van der Waals surface area contributed by atoms with Crippen LogP contribution in [0.4, 0.5) is 14.5 Å². The molecule has 2 heterocycles. The van der Waals surface area contributed by atoms with E-state index in [2.05, 4.69) is 15.3 Å². The molecule has 4 nitrogen and oxygen atoms in total. The van der Waals surface area contributed by atoms with Gasteiger partial charge in [0.05, 0.1) is 10.9 Å². The van der Waals surface area contributed by atoms with Crippen LogP contribution in [0.5, 0.6) is 0 Å². The Morgan fingerprint density at radius 3 is 3.00 bits per heavy atom. The SMILES string of the molecule is C[C@@H](Sc1ncnc2sc3c(c12)CCC3)C(=O)Nc1cc(F)ccc1F. The number of hydrogen-bond donors (Lipinski definition) is 1. The fourth-order valence-electron chi connectivity index (χ4n) is 3.04. The highest BCUT2D eigenvalue weighted by molar-refractivity contribution is 8.00. The molecule has 1 N–H and O–H groups in total. The Balaban J connectivity index is 1.56. The van der Waals surface area contributed by atoms with Gasteiger partial charge >= 0.3 is 0 Å². The molecule has 0 saturated carbocycles. The van der Waals surface area contributed by atoms with Gasteiger partial charge in [0.1, 0.15) is 27.8 Å². The summed E-state index contributed by atoms with van der Waals surface area (Å²) in [6.45, 7) is 1.72. The molecule has 0 saturated heterocycles. The standard InChI is InChI=1S/C18H15F2N3OS2/c1-9(16(24)23-13-7-10(19)5-6-12(13)20)25-17-15-11-3-2-4-14(11)26-18(15)22-8-21-17/h5-9H,2-4H2,1H3,(H,23,24)/t9-/m1/s1. The predicted octanol–water partition coefficient (Wildman–Crippen LogP) is 4.58. The first-order valence-corrected chi connectivity index (χ1v) is 9.90. The highest BCUT2D eigenvalue weighted by Crippen LogP contribution is 2.40. The minimum atomic E-state index is -0.669. The average molecular weight is 391 g/mol. The van der Waals surface area contributed by atoms with E-state index in [4.69, 9.17) is 0 Å². The molecule has 26 heavy (non-hydrogen) atoms. The Morgan fingerprint density at radius 2 is 2.15 bits per heavy atom. The van der Waals surface area contributed by atoms with Gasteiger partial charge in [0, 0.05) is 16.3 Å². The Kier molecular flexibility index (Phi) is 4.62. The van der Waals surface area contributed by atoms with Crippen LogP contribution in [0.15, 0.2) is 29.6 Å². The molecule has 1 atom stereocenters. The van der Waals surface area contributed by atoms with Gasteiger partial charge in [-0.05, 0) is 43.9 Å². The molecular weight excluding hydrogens is 376 g/mol. The maximum atomic E-state index is 13.7. The van der Waals surface area contributed by atoms with E-state index in [1.165, 1.54) is 28.5 Å². The molecule has 0 bridgehead atoms. The molecule has 0 radical (unpaired) electrons. The lowest BCUT2D eigenvalue weighted by Crippen LogP contribution is -2.23. The molecule has 134 valence electrons. The van der Waals surface area contributed by atoms with E-state index < -0.39 is 22.8 Å². The van der Waals surface area contributed by atoms with Crippen molar-refractivity contribution in [3.63, 3.8) is 0 Å². The van der Waals surface area contributed by atoms with Crippen LogP contribution in [0, 0.1) is 11.6 Å². The largest absolute Gasteiger partial charge is 0.323 e. The molecule has 0 unspecified atom stereocenters. The van der Waals surface area contributed by atoms with Crippen molar-refractivity contribution in [1.29, 1.82) is 0 Å². The van der Waals surface area contributed by atoms with E-state index in [1.807, 2.05) is 0 Å². The van der Waals surface area contributed by atoms with Gasteiger partial charge in [-0.3, -0.25) is 4.79 Å². The topological polar surface area (TPSA) is 54.9 Å². The van der Waals surface area contributed by atoms with E-state index >= 15 is 0 Å². The Bertz CT molecular complexity index is 1010. The van der Waals surface area contributed by atoms with E-state index in [0.717, 1.165) is 52.7 Å². The van der Waals surface area contributed by atoms with E-state index in [0.29, 0.717) is 0 Å². The van der Waals surface area contributed by atoms with Crippen LogP contribution in [-0.2, 0) is 17.6 Å². The number of thioether (sulfide) groups is 1. The van der Waals surface area contributed by atoms with Gasteiger partial charge in [-0.15, -0.1) is 11.3 Å². The van der Waals surface area contributed by atoms with Crippen molar-refractivity contribution >= 4 is 44.9 Å². The fraction of sp³-hybridized carbons (Fsp3) is 0.278. The number of rotatable bonds is 4. The van der Waals surface area contributed by atoms with Crippen LogP contribution in [-0.4, -0.2) is 21.1 Å². The van der Waals surface area contributed by atoms with Gasteiger partial charge in [0.15, 0.2) is 0 Å². The lowest BCUT2D eigenvalue weighted by atomic mass is 10.2. The highest BCUT2D eigenvalue weighted by atomic mass is 32.2. The van der Waals surface area contributed by atoms with Crippen molar-refractivity contribution in [1.82, 2.24) is 9.97 Å². The summed E-state index contributed by atoms with van der Waals surface area (Å²) in [6.07, 6.45) is 4.71. The fourth-order valence-corrected chi connectivity index (χ4v) is 5.28. The van der Waals surface area contributed by atoms with Crippen molar-refractivity contribution < 1.29 is 13.6 Å². The van der Waals surface area contributed by atoms with Crippen LogP contribution in [0.2, 0.25) is 0 Å². The summed E-state index contributed by atoms with van der Waals surface area (Å²) >= 11 is 2.99. The van der Waals surface area contributed by atoms with Gasteiger partial charge < -0.3 is 5.32 Å². The second kappa shape index (κ2) is 6.92. The van der Waals surface area contributed by atoms with E-state index in [-0.39, 0.29) is 5.69 Å². The minimum absolute atomic E-state index is 0.160. The predicted molar refractivity (Wildman–Crippen MR) is 99.7 cm³/mol. The number of nitrogens with zero attached hydrogens (tertiary/aromatic N) is 2. The minimum Gasteiger partial charge on any atom is -0.323 e. The number of amides is 1. The smallest absolute Gasteiger partial charge is 0.237 e. The van der Waals surface area contributed by atoms with Gasteiger partial charge in [-0.25, -0.2) is 18.7 Å². The number of thiophene rings is 1. The third-order valence-corrected chi connectivity index (χ3v) is 6.61. The zero-order chi connectivity index (χ0) is 18.3. The highest BCUT2D eigenvalue weighted by Gasteiger charge is 2.24. The van der Waals surface area contributed by atoms with Crippen LogP contribution in [0.1, 0.15) is 23.8 Å². The molecule has 1 aliphatic carbocycles. The summed E-state index contributed by atoms with van der Waals surface area (Å²) in [7, 11) is 0. The normalized spacial score (nSPS) is 14.4. The Labute approximate surface area is 157 Å². The number of aryl methyl sites for hydroxylation is 2. The first kappa shape index (κ1) is 17.4. The lowest BCUT2D eigenvalue weighted by molar-refractivity contribution is -0.115. The van der Waals surface area contributed by atoms with Gasteiger partial charge in [0.2, 0.25) is 5.91 Å². The van der Waals surface area contributed by atoms with Crippen LogP contribution in [0.3, 0.4) is 0 Å². The summed E-state index contributed by atoms with van der Waals surface area (Å²) in [6, 6.07) is 2.97. The molecule has 3 aromatic rings. The molecule has 4 rings (SSSR count). The Hall–Kier alpha value is -2.06. The van der Waals surface area contributed by atoms with Crippen molar-refractivity contribution in [2.75, 3.05) is 5.32 Å². The van der Waals surface area contributed by atoms with Crippen LogP contribution < -0.4 is 5.32 Å². The van der Waals surface area contributed by atoms with Crippen molar-refractivity contribution in [2.45, 2.75) is 36.5 Å². The van der Waals surface area contributed by atoms with Crippen molar-refractivity contribution in [2.24, 2.45) is 0 Å². The number of benzene rings is 1. The third-order valence-electron chi connectivity index (χ3n) is 4.31. The van der Waals surface area contributed by atoms with E-state index in [9.17, 15) is 13.6 Å². The van der Waals surface area contributed by atoms with Gasteiger partial charge in [0.25, 0.3) is 0 Å². The summed E-state index contributed by atoms with van der Waals surface area (Å²) in [5.74, 6) is -1.68. The molecule has 0 aliphatic heterocycles. The number of halogens is 2. The van der Waals surface area contributed by atoms with Gasteiger partial charge in [-0.1, -0.05) is 11.8 Å². The molecule has 0 fully saturated rings. The maximum absolute atomic E-state index is 13.7. The summed E-state index contributed by atoms with van der Waals surface area (Å²) in [5, 5.41) is 3.72. The zero-order valence-corrected chi connectivity index (χ0v) is 15.5. The van der Waals surface area contributed by atoms with Gasteiger partial charge in [-0.2, -0.15) is 0 Å². The molecule has 8 heteroatoms. The zero-order valence-electron chi connectivity index (χ0n) is 13.9. The van der Waals surface area contributed by atoms with Crippen LogP contribution >= 0.6 is 23.1 Å². The monoisotopic (exact) mass is 391 g/mol. The van der Waals surface area contributed by atoms with Crippen molar-refractivity contribution in [3.05, 3.63) is 46.6 Å². The third kappa shape index (κ3) is 3.19. The summed E-state index contributed by atoms with van der Waals surface area (Å²) in [4.78, 5) is 23.4. The molecule has 1 aliphatic rings. The van der Waals surface area contributed by atoms with Crippen LogP contribution in [0.25, 0.3) is 10.2 Å². The second-order valence-electron chi connectivity index (χ2n) is 6.09. The molecule has 1 amide bonds. The number of carbonyl (C=O) groups is 1. The first-order valence-electron chi connectivity index (χ1n) is 8.20. The average Bonchev–Trinajstić information content (AvgIpc) is 3.19. The maximum Gasteiger partial charge on any atom is 0.237 e. The quantitative estimate of drug-likeness (QED) is 0.523. The number of hydrogen-bond acceptors (Lipinski definition) is 5. The Morgan fingerprint density at radius 1 is 1.31 bits per heavy atom. The second-order valence-corrected chi connectivity index (χ2v) is 8.50. The molecule has 1 aromatic carbocycles. The van der Waals surface area contributed by atoms with Crippen molar-refractivity contribution in [3.8, 4) is 0 Å². The first-order chi connectivity index (χ1) is 12.5. The number of anilines is 1.